The molecule has 0 unspecified atom stereocenters. The van der Waals surface area contributed by atoms with E-state index in [1.54, 1.807) is 19.1 Å². The Labute approximate surface area is 207 Å². The molecule has 192 valence electrons. The van der Waals surface area contributed by atoms with Crippen molar-refractivity contribution in [2.45, 2.75) is 70.8 Å². The zero-order valence-corrected chi connectivity index (χ0v) is 20.2. The largest absolute Gasteiger partial charge is 0.486 e. The van der Waals surface area contributed by atoms with Gasteiger partial charge in [-0.1, -0.05) is 69.5 Å². The van der Waals surface area contributed by atoms with Gasteiger partial charge < -0.3 is 4.74 Å². The average Bonchev–Trinajstić information content (AvgIpc) is 2.84. The minimum atomic E-state index is -4.97. The van der Waals surface area contributed by atoms with E-state index in [0.717, 1.165) is 49.4 Å². The van der Waals surface area contributed by atoms with Crippen LogP contribution >= 0.6 is 0 Å². The number of benzene rings is 3. The van der Waals surface area contributed by atoms with Crippen LogP contribution in [0.1, 0.15) is 67.3 Å². The van der Waals surface area contributed by atoms with Gasteiger partial charge in [0.1, 0.15) is 12.4 Å². The van der Waals surface area contributed by atoms with Crippen molar-refractivity contribution in [1.29, 1.82) is 0 Å². The Morgan fingerprint density at radius 1 is 0.639 bits per heavy atom. The lowest BCUT2D eigenvalue weighted by Gasteiger charge is -2.35. The third-order valence-corrected chi connectivity index (χ3v) is 6.65. The number of unbranched alkanes of at least 4 members (excludes halogenated alkanes) is 2. The van der Waals surface area contributed by atoms with Crippen LogP contribution in [-0.4, -0.2) is 0 Å². The predicted octanol–water partition coefficient (Wildman–Crippen LogP) is 9.09. The number of alkyl halides is 4. The van der Waals surface area contributed by atoms with Crippen LogP contribution in [-0.2, 0) is 31.3 Å². The summed E-state index contributed by atoms with van der Waals surface area (Å²) < 4.78 is 96.0. The number of fused-ring (bicyclic) bond motifs is 3. The molecule has 3 aromatic rings. The summed E-state index contributed by atoms with van der Waals surface area (Å²) in [5.74, 6) is -13.4. The summed E-state index contributed by atoms with van der Waals surface area (Å²) in [6.45, 7) is 3.72. The predicted molar refractivity (Wildman–Crippen MR) is 128 cm³/mol. The fraction of sp³-hybridized carbons (Fsp3) is 0.379. The Morgan fingerprint density at radius 3 is 1.83 bits per heavy atom. The van der Waals surface area contributed by atoms with Crippen LogP contribution in [0.5, 0.6) is 5.75 Å². The Balaban J connectivity index is 1.66. The molecular weight excluding hydrogens is 478 g/mol. The van der Waals surface area contributed by atoms with Crippen LogP contribution in [0.2, 0.25) is 0 Å². The van der Waals surface area contributed by atoms with E-state index in [0.29, 0.717) is 12.0 Å². The molecule has 0 aliphatic heterocycles. The molecule has 3 aromatic carbocycles. The standard InChI is InChI=1S/C29H28F6O/c1-3-5-6-8-18-9-11-19(12-10-18)17-36-23-16-15-22-21-14-13-20(7-4-2)26(30)24(21)28(32,33)29(34,35)25(22)27(23)31/h9-16H,3-8,17H2,1-2H3. The maximum Gasteiger partial charge on any atom is 0.343 e. The molecule has 0 radical (unpaired) electrons. The number of hydrogen-bond donors (Lipinski definition) is 0. The quantitative estimate of drug-likeness (QED) is 0.208. The highest BCUT2D eigenvalue weighted by Crippen LogP contribution is 2.60. The SMILES string of the molecule is CCCCCc1ccc(COc2ccc3c(c2F)C(F)(F)C(F)(F)c2c-3ccc(CCC)c2F)cc1. The van der Waals surface area contributed by atoms with Crippen molar-refractivity contribution in [3.8, 4) is 16.9 Å². The first-order valence-electron chi connectivity index (χ1n) is 12.2. The van der Waals surface area contributed by atoms with E-state index in [4.69, 9.17) is 4.74 Å². The third kappa shape index (κ3) is 4.48. The van der Waals surface area contributed by atoms with Crippen LogP contribution in [0.15, 0.2) is 48.5 Å². The lowest BCUT2D eigenvalue weighted by molar-refractivity contribution is -0.228. The van der Waals surface area contributed by atoms with Crippen molar-refractivity contribution < 1.29 is 31.1 Å². The van der Waals surface area contributed by atoms with Gasteiger partial charge in [0.05, 0.1) is 11.1 Å². The first-order chi connectivity index (χ1) is 17.1. The maximum atomic E-state index is 15.3. The average molecular weight is 507 g/mol. The Hall–Kier alpha value is -2.96. The molecule has 36 heavy (non-hydrogen) atoms. The van der Waals surface area contributed by atoms with Gasteiger partial charge in [0, 0.05) is 0 Å². The summed E-state index contributed by atoms with van der Waals surface area (Å²) in [7, 11) is 0. The zero-order valence-electron chi connectivity index (χ0n) is 20.2. The van der Waals surface area contributed by atoms with Gasteiger partial charge in [-0.3, -0.25) is 0 Å². The summed E-state index contributed by atoms with van der Waals surface area (Å²) >= 11 is 0. The third-order valence-electron chi connectivity index (χ3n) is 6.65. The first kappa shape index (κ1) is 26.1. The van der Waals surface area contributed by atoms with Gasteiger partial charge in [-0.15, -0.1) is 0 Å². The zero-order chi connectivity index (χ0) is 26.1. The molecule has 0 saturated carbocycles. The van der Waals surface area contributed by atoms with E-state index in [1.807, 2.05) is 12.1 Å². The summed E-state index contributed by atoms with van der Waals surface area (Å²) in [5.41, 5.74) is -2.04. The van der Waals surface area contributed by atoms with Crippen LogP contribution in [0.3, 0.4) is 0 Å². The summed E-state index contributed by atoms with van der Waals surface area (Å²) in [6, 6.07) is 12.1. The van der Waals surface area contributed by atoms with Crippen molar-refractivity contribution in [3.63, 3.8) is 0 Å². The fourth-order valence-electron chi connectivity index (χ4n) is 4.67. The number of ether oxygens (including phenoxy) is 1. The molecule has 0 heterocycles. The smallest absolute Gasteiger partial charge is 0.343 e. The molecule has 1 aliphatic rings. The van der Waals surface area contributed by atoms with E-state index in [-0.39, 0.29) is 18.6 Å². The summed E-state index contributed by atoms with van der Waals surface area (Å²) in [5, 5.41) is 0. The van der Waals surface area contributed by atoms with Crippen LogP contribution in [0.25, 0.3) is 11.1 Å². The van der Waals surface area contributed by atoms with E-state index in [1.165, 1.54) is 6.07 Å². The highest BCUT2D eigenvalue weighted by atomic mass is 19.3. The van der Waals surface area contributed by atoms with Crippen molar-refractivity contribution in [1.82, 2.24) is 0 Å². The second-order valence-electron chi connectivity index (χ2n) is 9.22. The van der Waals surface area contributed by atoms with E-state index < -0.39 is 51.5 Å². The molecule has 1 aliphatic carbocycles. The molecule has 0 saturated heterocycles. The lowest BCUT2D eigenvalue weighted by atomic mass is 9.79. The molecule has 0 N–H and O–H groups in total. The van der Waals surface area contributed by atoms with Gasteiger partial charge in [0.15, 0.2) is 11.6 Å². The summed E-state index contributed by atoms with van der Waals surface area (Å²) in [6.07, 6.45) is 4.81. The van der Waals surface area contributed by atoms with Crippen LogP contribution in [0.4, 0.5) is 26.3 Å². The Bertz CT molecular complexity index is 1230. The van der Waals surface area contributed by atoms with E-state index in [9.17, 15) is 4.39 Å². The van der Waals surface area contributed by atoms with Crippen LogP contribution < -0.4 is 4.74 Å². The molecule has 0 bridgehead atoms. The van der Waals surface area contributed by atoms with Crippen molar-refractivity contribution in [3.05, 3.63) is 88.0 Å². The van der Waals surface area contributed by atoms with Crippen LogP contribution in [0, 0.1) is 11.6 Å². The van der Waals surface area contributed by atoms with Gasteiger partial charge in [-0.2, -0.15) is 17.6 Å². The van der Waals surface area contributed by atoms with Gasteiger partial charge >= 0.3 is 11.8 Å². The van der Waals surface area contributed by atoms with Gasteiger partial charge in [-0.05, 0) is 59.2 Å². The molecule has 0 aromatic heterocycles. The highest BCUT2D eigenvalue weighted by Gasteiger charge is 2.65. The fourth-order valence-corrected chi connectivity index (χ4v) is 4.67. The van der Waals surface area contributed by atoms with E-state index >= 15 is 22.0 Å². The van der Waals surface area contributed by atoms with Crippen molar-refractivity contribution >= 4 is 0 Å². The molecule has 4 rings (SSSR count). The minimum Gasteiger partial charge on any atom is -0.486 e. The van der Waals surface area contributed by atoms with Gasteiger partial charge in [-0.25, -0.2) is 8.78 Å². The molecule has 0 fully saturated rings. The van der Waals surface area contributed by atoms with Gasteiger partial charge in [0.2, 0.25) is 0 Å². The minimum absolute atomic E-state index is 0.0769. The monoisotopic (exact) mass is 506 g/mol. The second-order valence-corrected chi connectivity index (χ2v) is 9.22. The highest BCUT2D eigenvalue weighted by molar-refractivity contribution is 5.77. The topological polar surface area (TPSA) is 9.23 Å². The molecule has 1 nitrogen and oxygen atoms in total. The molecule has 7 heteroatoms. The Morgan fingerprint density at radius 2 is 1.22 bits per heavy atom. The molecule has 0 spiro atoms. The number of halogens is 6. The number of hydrogen-bond acceptors (Lipinski definition) is 1. The summed E-state index contributed by atoms with van der Waals surface area (Å²) in [4.78, 5) is 0. The van der Waals surface area contributed by atoms with E-state index in [2.05, 4.69) is 6.92 Å². The van der Waals surface area contributed by atoms with Crippen molar-refractivity contribution in [2.75, 3.05) is 0 Å². The normalized spacial score (nSPS) is 15.3. The first-order valence-corrected chi connectivity index (χ1v) is 12.2. The molecule has 0 atom stereocenters. The number of aryl methyl sites for hydroxylation is 2. The van der Waals surface area contributed by atoms with Crippen molar-refractivity contribution in [2.24, 2.45) is 0 Å². The Kier molecular flexibility index (Phi) is 7.39. The van der Waals surface area contributed by atoms with Gasteiger partial charge in [0.25, 0.3) is 0 Å². The second kappa shape index (κ2) is 10.2. The number of rotatable bonds is 9. The molecular formula is C29H28F6O. The lowest BCUT2D eigenvalue weighted by Crippen LogP contribution is -2.41. The maximum absolute atomic E-state index is 15.3. The molecule has 0 amide bonds.